The monoisotopic (exact) mass is 326 g/mol. The molecule has 1 aromatic heterocycles. The van der Waals surface area contributed by atoms with Gasteiger partial charge < -0.3 is 14.7 Å². The van der Waals surface area contributed by atoms with Gasteiger partial charge in [0.05, 0.1) is 13.0 Å². The minimum Gasteiger partial charge on any atom is -0.486 e. The lowest BCUT2D eigenvalue weighted by molar-refractivity contribution is -0.142. The normalized spacial score (nSPS) is 23.8. The highest BCUT2D eigenvalue weighted by Gasteiger charge is 2.40. The molecular formula is C19H22N2O3. The maximum Gasteiger partial charge on any atom is 0.227 e. The molecule has 24 heavy (non-hydrogen) atoms. The number of amides is 1. The van der Waals surface area contributed by atoms with Gasteiger partial charge in [0, 0.05) is 18.9 Å². The fraction of sp³-hybridized carbons (Fsp3) is 0.368. The van der Waals surface area contributed by atoms with Gasteiger partial charge in [0.2, 0.25) is 5.91 Å². The van der Waals surface area contributed by atoms with Gasteiger partial charge in [-0.1, -0.05) is 24.3 Å². The number of benzene rings is 1. The maximum absolute atomic E-state index is 12.5. The molecule has 0 spiro atoms. The van der Waals surface area contributed by atoms with Crippen LogP contribution < -0.4 is 4.74 Å². The van der Waals surface area contributed by atoms with Gasteiger partial charge >= 0.3 is 0 Å². The molecule has 3 rings (SSSR count). The third-order valence-electron chi connectivity index (χ3n) is 4.42. The van der Waals surface area contributed by atoms with Crippen LogP contribution in [0.1, 0.15) is 18.9 Å². The maximum atomic E-state index is 12.5. The topological polar surface area (TPSA) is 62.7 Å². The van der Waals surface area contributed by atoms with Crippen molar-refractivity contribution < 1.29 is 14.6 Å². The molecule has 2 heterocycles. The van der Waals surface area contributed by atoms with Gasteiger partial charge in [-0.2, -0.15) is 0 Å². The van der Waals surface area contributed by atoms with Crippen LogP contribution in [0.15, 0.2) is 54.9 Å². The Kier molecular flexibility index (Phi) is 4.81. The molecule has 1 amide bonds. The van der Waals surface area contributed by atoms with E-state index in [1.807, 2.05) is 42.5 Å². The van der Waals surface area contributed by atoms with Crippen molar-refractivity contribution in [2.45, 2.75) is 31.5 Å². The number of pyridine rings is 1. The number of piperidine rings is 1. The molecule has 2 atom stereocenters. The molecule has 5 nitrogen and oxygen atoms in total. The molecule has 1 aliphatic rings. The molecule has 1 aliphatic heterocycles. The van der Waals surface area contributed by atoms with Crippen LogP contribution in [-0.4, -0.2) is 45.7 Å². The number of carbonyl (C=O) groups excluding carboxylic acids is 1. The molecule has 1 fully saturated rings. The molecule has 2 aromatic rings. The lowest BCUT2D eigenvalue weighted by Crippen LogP contribution is -2.57. The van der Waals surface area contributed by atoms with E-state index in [0.29, 0.717) is 31.7 Å². The Hall–Kier alpha value is -2.40. The number of ether oxygens (including phenoxy) is 1. The van der Waals surface area contributed by atoms with E-state index in [1.165, 1.54) is 0 Å². The number of aromatic nitrogens is 1. The van der Waals surface area contributed by atoms with Crippen LogP contribution in [0.3, 0.4) is 0 Å². The molecular weight excluding hydrogens is 304 g/mol. The minimum absolute atomic E-state index is 0.0279. The van der Waals surface area contributed by atoms with E-state index in [0.717, 1.165) is 5.56 Å². The van der Waals surface area contributed by atoms with Crippen molar-refractivity contribution in [1.29, 1.82) is 0 Å². The Morgan fingerprint density at radius 3 is 2.83 bits per heavy atom. The summed E-state index contributed by atoms with van der Waals surface area (Å²) in [6.07, 6.45) is 3.75. The first-order chi connectivity index (χ1) is 11.5. The lowest BCUT2D eigenvalue weighted by atomic mass is 9.90. The highest BCUT2D eigenvalue weighted by Crippen LogP contribution is 2.27. The molecule has 5 heteroatoms. The summed E-state index contributed by atoms with van der Waals surface area (Å²) in [5.74, 6) is 0.726. The van der Waals surface area contributed by atoms with E-state index in [9.17, 15) is 9.90 Å². The van der Waals surface area contributed by atoms with Crippen LogP contribution in [0.5, 0.6) is 5.75 Å². The van der Waals surface area contributed by atoms with Gasteiger partial charge in [-0.05, 0) is 37.1 Å². The molecule has 0 aliphatic carbocycles. The number of hydrogen-bond donors (Lipinski definition) is 1. The molecule has 1 N–H and O–H groups in total. The molecule has 0 saturated carbocycles. The van der Waals surface area contributed by atoms with Crippen molar-refractivity contribution in [3.63, 3.8) is 0 Å². The summed E-state index contributed by atoms with van der Waals surface area (Å²) < 4.78 is 5.94. The Labute approximate surface area is 141 Å². The zero-order valence-corrected chi connectivity index (χ0v) is 13.8. The largest absolute Gasteiger partial charge is 0.486 e. The predicted octanol–water partition coefficient (Wildman–Crippen LogP) is 2.06. The second-order valence-corrected chi connectivity index (χ2v) is 6.40. The van der Waals surface area contributed by atoms with Crippen molar-refractivity contribution in [1.82, 2.24) is 9.88 Å². The highest BCUT2D eigenvalue weighted by atomic mass is 16.5. The van der Waals surface area contributed by atoms with E-state index >= 15 is 0 Å². The standard InChI is InChI=1S/C19H22N2O3/c1-19(23)9-11-21(18(22)12-15-6-5-10-20-13-15)14-17(19)24-16-7-3-2-4-8-16/h2-8,10,13,17,23H,9,11-12,14H2,1H3/t17-,19-/m0/s1. The number of likely N-dealkylation sites (tertiary alicyclic amines) is 1. The summed E-state index contributed by atoms with van der Waals surface area (Å²) in [6.45, 7) is 2.67. The molecule has 1 aromatic carbocycles. The first-order valence-electron chi connectivity index (χ1n) is 8.15. The second kappa shape index (κ2) is 7.01. The third-order valence-corrected chi connectivity index (χ3v) is 4.42. The van der Waals surface area contributed by atoms with Gasteiger partial charge in [0.15, 0.2) is 0 Å². The van der Waals surface area contributed by atoms with Gasteiger partial charge in [-0.15, -0.1) is 0 Å². The van der Waals surface area contributed by atoms with Gasteiger partial charge in [-0.3, -0.25) is 9.78 Å². The van der Waals surface area contributed by atoms with Gasteiger partial charge in [0.25, 0.3) is 0 Å². The first kappa shape index (κ1) is 16.5. The van der Waals surface area contributed by atoms with E-state index in [1.54, 1.807) is 24.2 Å². The smallest absolute Gasteiger partial charge is 0.227 e. The Morgan fingerprint density at radius 1 is 1.33 bits per heavy atom. The van der Waals surface area contributed by atoms with Crippen LogP contribution in [0, 0.1) is 0 Å². The summed E-state index contributed by atoms with van der Waals surface area (Å²) in [5, 5.41) is 10.6. The van der Waals surface area contributed by atoms with E-state index in [4.69, 9.17) is 4.74 Å². The van der Waals surface area contributed by atoms with E-state index in [2.05, 4.69) is 4.98 Å². The fourth-order valence-corrected chi connectivity index (χ4v) is 2.85. The first-order valence-corrected chi connectivity index (χ1v) is 8.15. The third kappa shape index (κ3) is 3.92. The van der Waals surface area contributed by atoms with Crippen LogP contribution in [0.4, 0.5) is 0 Å². The molecule has 126 valence electrons. The second-order valence-electron chi connectivity index (χ2n) is 6.40. The fourth-order valence-electron chi connectivity index (χ4n) is 2.85. The Bertz CT molecular complexity index is 674. The summed E-state index contributed by atoms with van der Waals surface area (Å²) in [6, 6.07) is 13.1. The Morgan fingerprint density at radius 2 is 2.12 bits per heavy atom. The average molecular weight is 326 g/mol. The predicted molar refractivity (Wildman–Crippen MR) is 90.6 cm³/mol. The number of aliphatic hydroxyl groups is 1. The number of para-hydroxylation sites is 1. The van der Waals surface area contributed by atoms with Crippen molar-refractivity contribution in [3.8, 4) is 5.75 Å². The summed E-state index contributed by atoms with van der Waals surface area (Å²) in [5.41, 5.74) is -0.0682. The lowest BCUT2D eigenvalue weighted by Gasteiger charge is -2.42. The van der Waals surface area contributed by atoms with Crippen LogP contribution in [-0.2, 0) is 11.2 Å². The number of nitrogens with zero attached hydrogens (tertiary/aromatic N) is 2. The van der Waals surface area contributed by atoms with Gasteiger partial charge in [0.1, 0.15) is 17.5 Å². The number of carbonyl (C=O) groups is 1. The van der Waals surface area contributed by atoms with Crippen LogP contribution >= 0.6 is 0 Å². The molecule has 0 unspecified atom stereocenters. The average Bonchev–Trinajstić information content (AvgIpc) is 2.58. The molecule has 0 radical (unpaired) electrons. The molecule has 0 bridgehead atoms. The quantitative estimate of drug-likeness (QED) is 0.934. The highest BCUT2D eigenvalue weighted by molar-refractivity contribution is 5.78. The zero-order valence-electron chi connectivity index (χ0n) is 13.8. The van der Waals surface area contributed by atoms with E-state index < -0.39 is 11.7 Å². The van der Waals surface area contributed by atoms with Crippen LogP contribution in [0.25, 0.3) is 0 Å². The zero-order chi connectivity index (χ0) is 17.0. The minimum atomic E-state index is -0.957. The Balaban J connectivity index is 1.67. The number of hydrogen-bond acceptors (Lipinski definition) is 4. The van der Waals surface area contributed by atoms with Crippen molar-refractivity contribution in [2.75, 3.05) is 13.1 Å². The van der Waals surface area contributed by atoms with E-state index in [-0.39, 0.29) is 5.91 Å². The number of rotatable bonds is 4. The molecule has 1 saturated heterocycles. The SMILES string of the molecule is C[C@]1(O)CCN(C(=O)Cc2cccnc2)C[C@@H]1Oc1ccccc1. The van der Waals surface area contributed by atoms with Crippen molar-refractivity contribution in [3.05, 3.63) is 60.4 Å². The van der Waals surface area contributed by atoms with Crippen LogP contribution in [0.2, 0.25) is 0 Å². The summed E-state index contributed by atoms with van der Waals surface area (Å²) in [4.78, 5) is 18.3. The van der Waals surface area contributed by atoms with Crippen molar-refractivity contribution >= 4 is 5.91 Å². The van der Waals surface area contributed by atoms with Crippen molar-refractivity contribution in [2.24, 2.45) is 0 Å². The van der Waals surface area contributed by atoms with Gasteiger partial charge in [-0.25, -0.2) is 0 Å². The summed E-state index contributed by atoms with van der Waals surface area (Å²) in [7, 11) is 0. The summed E-state index contributed by atoms with van der Waals surface area (Å²) >= 11 is 0.